The van der Waals surface area contributed by atoms with Crippen LogP contribution in [0, 0.1) is 25.0 Å². The Labute approximate surface area is 140 Å². The van der Waals surface area contributed by atoms with E-state index >= 15 is 0 Å². The molecular formula is C16H23IN2O2. The van der Waals surface area contributed by atoms with Gasteiger partial charge in [-0.3, -0.25) is 10.1 Å². The molecule has 0 radical (unpaired) electrons. The van der Waals surface area contributed by atoms with Crippen LogP contribution in [0.3, 0.4) is 0 Å². The van der Waals surface area contributed by atoms with Crippen molar-refractivity contribution in [1.29, 1.82) is 0 Å². The van der Waals surface area contributed by atoms with Crippen molar-refractivity contribution in [3.63, 3.8) is 0 Å². The molecular weight excluding hydrogens is 379 g/mol. The van der Waals surface area contributed by atoms with Crippen molar-refractivity contribution in [3.8, 4) is 0 Å². The van der Waals surface area contributed by atoms with E-state index in [2.05, 4.69) is 41.8 Å². The van der Waals surface area contributed by atoms with E-state index in [0.29, 0.717) is 17.0 Å². The number of nitro groups is 1. The largest absolute Gasteiger partial charge is 0.379 e. The number of rotatable bonds is 6. The Kier molecular flexibility index (Phi) is 5.46. The Morgan fingerprint density at radius 1 is 1.38 bits per heavy atom. The van der Waals surface area contributed by atoms with Crippen LogP contribution in [0.5, 0.6) is 0 Å². The molecule has 0 unspecified atom stereocenters. The first-order chi connectivity index (χ1) is 9.92. The average Bonchev–Trinajstić information content (AvgIpc) is 2.85. The van der Waals surface area contributed by atoms with E-state index in [9.17, 15) is 10.1 Å². The highest BCUT2D eigenvalue weighted by molar-refractivity contribution is 14.1. The Morgan fingerprint density at radius 2 is 2.05 bits per heavy atom. The van der Waals surface area contributed by atoms with Gasteiger partial charge in [-0.2, -0.15) is 0 Å². The Balaban J connectivity index is 2.12. The molecule has 0 aromatic heterocycles. The van der Waals surface area contributed by atoms with Crippen LogP contribution in [0.15, 0.2) is 18.2 Å². The second-order valence-electron chi connectivity index (χ2n) is 6.58. The van der Waals surface area contributed by atoms with Crippen molar-refractivity contribution >= 4 is 34.0 Å². The molecule has 1 aromatic carbocycles. The SMILES string of the molecule is CC(C)CC1(CNc2ccc(I)cc2[N+](=O)[O-])CCCC1. The van der Waals surface area contributed by atoms with Crippen molar-refractivity contribution in [2.24, 2.45) is 11.3 Å². The second kappa shape index (κ2) is 6.94. The van der Waals surface area contributed by atoms with Crippen LogP contribution in [0.1, 0.15) is 46.0 Å². The van der Waals surface area contributed by atoms with Gasteiger partial charge in [0.1, 0.15) is 5.69 Å². The van der Waals surface area contributed by atoms with E-state index in [1.54, 1.807) is 6.07 Å². The number of anilines is 1. The monoisotopic (exact) mass is 402 g/mol. The van der Waals surface area contributed by atoms with Crippen LogP contribution in [0.2, 0.25) is 0 Å². The van der Waals surface area contributed by atoms with Crippen molar-refractivity contribution in [3.05, 3.63) is 31.9 Å². The molecule has 0 aliphatic heterocycles. The van der Waals surface area contributed by atoms with Crippen LogP contribution in [0.25, 0.3) is 0 Å². The Bertz CT molecular complexity index is 511. The zero-order valence-electron chi connectivity index (χ0n) is 12.7. The highest BCUT2D eigenvalue weighted by atomic mass is 127. The number of nitrogens with one attached hydrogen (secondary N) is 1. The van der Waals surface area contributed by atoms with Gasteiger partial charge in [0.2, 0.25) is 0 Å². The zero-order valence-corrected chi connectivity index (χ0v) is 14.9. The number of nitrogens with zero attached hydrogens (tertiary/aromatic N) is 1. The lowest BCUT2D eigenvalue weighted by atomic mass is 9.78. The predicted molar refractivity (Wildman–Crippen MR) is 94.7 cm³/mol. The predicted octanol–water partition coefficient (Wildman–Crippen LogP) is 5.22. The molecule has 116 valence electrons. The molecule has 1 aromatic rings. The minimum atomic E-state index is -0.297. The van der Waals surface area contributed by atoms with Gasteiger partial charge in [0.25, 0.3) is 5.69 Å². The normalized spacial score (nSPS) is 17.1. The third-order valence-electron chi connectivity index (χ3n) is 4.32. The lowest BCUT2D eigenvalue weighted by Gasteiger charge is -2.31. The molecule has 5 heteroatoms. The van der Waals surface area contributed by atoms with Gasteiger partial charge in [0.05, 0.1) is 4.92 Å². The first kappa shape index (κ1) is 16.5. The van der Waals surface area contributed by atoms with Gasteiger partial charge < -0.3 is 5.32 Å². The van der Waals surface area contributed by atoms with Gasteiger partial charge in [0, 0.05) is 16.2 Å². The van der Waals surface area contributed by atoms with Gasteiger partial charge in [0.15, 0.2) is 0 Å². The van der Waals surface area contributed by atoms with Crippen molar-refractivity contribution in [2.75, 3.05) is 11.9 Å². The highest BCUT2D eigenvalue weighted by Gasteiger charge is 2.34. The minimum Gasteiger partial charge on any atom is -0.379 e. The third-order valence-corrected chi connectivity index (χ3v) is 4.99. The number of halogens is 1. The van der Waals surface area contributed by atoms with E-state index in [1.165, 1.54) is 32.1 Å². The standard InChI is InChI=1S/C16H23IN2O2/c1-12(2)10-16(7-3-4-8-16)11-18-14-6-5-13(17)9-15(14)19(20)21/h5-6,9,12,18H,3-4,7-8,10-11H2,1-2H3. The molecule has 1 aliphatic carbocycles. The van der Waals surface area contributed by atoms with E-state index in [-0.39, 0.29) is 10.6 Å². The molecule has 0 bridgehead atoms. The first-order valence-corrected chi connectivity index (χ1v) is 8.68. The van der Waals surface area contributed by atoms with Gasteiger partial charge >= 0.3 is 0 Å². The molecule has 1 N–H and O–H groups in total. The average molecular weight is 402 g/mol. The smallest absolute Gasteiger partial charge is 0.293 e. The molecule has 2 rings (SSSR count). The topological polar surface area (TPSA) is 55.2 Å². The fourth-order valence-electron chi connectivity index (χ4n) is 3.53. The van der Waals surface area contributed by atoms with Crippen LogP contribution < -0.4 is 5.32 Å². The van der Waals surface area contributed by atoms with Gasteiger partial charge in [-0.1, -0.05) is 26.7 Å². The molecule has 0 saturated heterocycles. The summed E-state index contributed by atoms with van der Waals surface area (Å²) in [4.78, 5) is 10.9. The van der Waals surface area contributed by atoms with Gasteiger partial charge in [-0.15, -0.1) is 0 Å². The summed E-state index contributed by atoms with van der Waals surface area (Å²) >= 11 is 2.11. The summed E-state index contributed by atoms with van der Waals surface area (Å²) in [6, 6.07) is 5.38. The molecule has 0 heterocycles. The number of nitro benzene ring substituents is 1. The molecule has 1 aliphatic rings. The fraction of sp³-hybridized carbons (Fsp3) is 0.625. The van der Waals surface area contributed by atoms with Crippen molar-refractivity contribution < 1.29 is 4.92 Å². The van der Waals surface area contributed by atoms with Crippen LogP contribution >= 0.6 is 22.6 Å². The van der Waals surface area contributed by atoms with E-state index in [1.807, 2.05) is 12.1 Å². The summed E-state index contributed by atoms with van der Waals surface area (Å²) in [6.45, 7) is 5.35. The molecule has 21 heavy (non-hydrogen) atoms. The van der Waals surface area contributed by atoms with Crippen LogP contribution in [-0.4, -0.2) is 11.5 Å². The second-order valence-corrected chi connectivity index (χ2v) is 7.82. The van der Waals surface area contributed by atoms with E-state index < -0.39 is 0 Å². The van der Waals surface area contributed by atoms with Crippen LogP contribution in [0.4, 0.5) is 11.4 Å². The lowest BCUT2D eigenvalue weighted by Crippen LogP contribution is -2.28. The zero-order chi connectivity index (χ0) is 15.5. The molecule has 0 atom stereocenters. The van der Waals surface area contributed by atoms with Crippen molar-refractivity contribution in [2.45, 2.75) is 46.0 Å². The molecule has 1 fully saturated rings. The molecule has 0 spiro atoms. The Hall–Kier alpha value is -0.850. The fourth-order valence-corrected chi connectivity index (χ4v) is 4.01. The maximum Gasteiger partial charge on any atom is 0.293 e. The summed E-state index contributed by atoms with van der Waals surface area (Å²) in [7, 11) is 0. The first-order valence-electron chi connectivity index (χ1n) is 7.60. The quantitative estimate of drug-likeness (QED) is 0.403. The summed E-state index contributed by atoms with van der Waals surface area (Å²) in [5, 5.41) is 14.6. The number of hydrogen-bond acceptors (Lipinski definition) is 3. The van der Waals surface area contributed by atoms with Gasteiger partial charge in [-0.05, 0) is 65.3 Å². The van der Waals surface area contributed by atoms with Gasteiger partial charge in [-0.25, -0.2) is 0 Å². The number of benzene rings is 1. The molecule has 1 saturated carbocycles. The van der Waals surface area contributed by atoms with E-state index in [0.717, 1.165) is 10.1 Å². The maximum atomic E-state index is 11.2. The number of hydrogen-bond donors (Lipinski definition) is 1. The lowest BCUT2D eigenvalue weighted by molar-refractivity contribution is -0.384. The molecule has 4 nitrogen and oxygen atoms in total. The van der Waals surface area contributed by atoms with E-state index in [4.69, 9.17) is 0 Å². The summed E-state index contributed by atoms with van der Waals surface area (Å²) < 4.78 is 0.891. The van der Waals surface area contributed by atoms with Crippen LogP contribution in [-0.2, 0) is 0 Å². The maximum absolute atomic E-state index is 11.2. The summed E-state index contributed by atoms with van der Waals surface area (Å²) in [6.07, 6.45) is 6.22. The summed E-state index contributed by atoms with van der Waals surface area (Å²) in [5.41, 5.74) is 1.14. The summed E-state index contributed by atoms with van der Waals surface area (Å²) in [5.74, 6) is 0.664. The highest BCUT2D eigenvalue weighted by Crippen LogP contribution is 2.43. The third kappa shape index (κ3) is 4.31. The molecule has 0 amide bonds. The van der Waals surface area contributed by atoms with Crippen molar-refractivity contribution in [1.82, 2.24) is 0 Å². The Morgan fingerprint density at radius 3 is 2.62 bits per heavy atom. The minimum absolute atomic E-state index is 0.180.